The number of rotatable bonds is 5. The predicted octanol–water partition coefficient (Wildman–Crippen LogP) is 2.88. The quantitative estimate of drug-likeness (QED) is 0.582. The molecular formula is C19H16FN5O. The Balaban J connectivity index is 1.43. The standard InChI is InChI=1S/C19H16FN5O/c20-16-6-2-1-4-14(16)11-25-12-18(23-24-25)19(26)22-10-13-5-3-7-17-15(13)8-9-21-17/h1-9,12,21H,10-11H2,(H,22,26). The molecule has 2 N–H and O–H groups in total. The van der Waals surface area contributed by atoms with Gasteiger partial charge in [-0.05, 0) is 23.8 Å². The van der Waals surface area contributed by atoms with Crippen LogP contribution in [0.5, 0.6) is 0 Å². The van der Waals surface area contributed by atoms with Gasteiger partial charge in [0.15, 0.2) is 5.69 Å². The van der Waals surface area contributed by atoms with Crippen molar-refractivity contribution >= 4 is 16.8 Å². The maximum Gasteiger partial charge on any atom is 0.273 e. The second kappa shape index (κ2) is 6.79. The Bertz CT molecular complexity index is 1070. The Labute approximate surface area is 148 Å². The highest BCUT2D eigenvalue weighted by molar-refractivity contribution is 5.92. The van der Waals surface area contributed by atoms with Crippen molar-refractivity contribution in [2.45, 2.75) is 13.1 Å². The molecule has 0 aliphatic carbocycles. The molecule has 1 amide bonds. The number of benzene rings is 2. The van der Waals surface area contributed by atoms with Crippen molar-refractivity contribution in [2.75, 3.05) is 0 Å². The zero-order valence-electron chi connectivity index (χ0n) is 13.8. The fourth-order valence-electron chi connectivity index (χ4n) is 2.85. The van der Waals surface area contributed by atoms with Crippen LogP contribution < -0.4 is 5.32 Å². The number of halogens is 1. The number of carbonyl (C=O) groups excluding carboxylic acids is 1. The van der Waals surface area contributed by atoms with E-state index in [1.54, 1.807) is 18.2 Å². The first-order valence-corrected chi connectivity index (χ1v) is 8.17. The number of amides is 1. The van der Waals surface area contributed by atoms with E-state index in [4.69, 9.17) is 0 Å². The molecule has 26 heavy (non-hydrogen) atoms. The van der Waals surface area contributed by atoms with Gasteiger partial charge in [0.05, 0.1) is 12.7 Å². The number of H-pyrrole nitrogens is 1. The Morgan fingerprint density at radius 2 is 1.96 bits per heavy atom. The second-order valence-corrected chi connectivity index (χ2v) is 5.93. The lowest BCUT2D eigenvalue weighted by molar-refractivity contribution is 0.0946. The van der Waals surface area contributed by atoms with Crippen LogP contribution >= 0.6 is 0 Å². The monoisotopic (exact) mass is 349 g/mol. The maximum atomic E-state index is 13.7. The summed E-state index contributed by atoms with van der Waals surface area (Å²) in [6, 6.07) is 14.3. The number of nitrogens with zero attached hydrogens (tertiary/aromatic N) is 3. The van der Waals surface area contributed by atoms with Crippen molar-refractivity contribution in [3.63, 3.8) is 0 Å². The van der Waals surface area contributed by atoms with Crippen LogP contribution in [0.2, 0.25) is 0 Å². The van der Waals surface area contributed by atoms with Crippen molar-refractivity contribution in [1.29, 1.82) is 0 Å². The molecule has 2 aromatic carbocycles. The number of aromatic nitrogens is 4. The molecule has 130 valence electrons. The van der Waals surface area contributed by atoms with Gasteiger partial charge >= 0.3 is 0 Å². The number of nitrogens with one attached hydrogen (secondary N) is 2. The van der Waals surface area contributed by atoms with E-state index in [1.807, 2.05) is 30.5 Å². The highest BCUT2D eigenvalue weighted by atomic mass is 19.1. The summed E-state index contributed by atoms with van der Waals surface area (Å²) in [6.45, 7) is 0.601. The molecule has 0 atom stereocenters. The van der Waals surface area contributed by atoms with Crippen molar-refractivity contribution in [2.24, 2.45) is 0 Å². The van der Waals surface area contributed by atoms with Gasteiger partial charge in [0.2, 0.25) is 0 Å². The number of carbonyl (C=O) groups is 1. The largest absolute Gasteiger partial charge is 0.361 e. The van der Waals surface area contributed by atoms with E-state index in [0.717, 1.165) is 16.5 Å². The van der Waals surface area contributed by atoms with E-state index in [9.17, 15) is 9.18 Å². The smallest absolute Gasteiger partial charge is 0.273 e. The van der Waals surface area contributed by atoms with Crippen molar-refractivity contribution in [3.05, 3.63) is 83.6 Å². The molecule has 2 aromatic heterocycles. The topological polar surface area (TPSA) is 75.6 Å². The lowest BCUT2D eigenvalue weighted by Crippen LogP contribution is -2.23. The van der Waals surface area contributed by atoms with Crippen LogP contribution in [0.15, 0.2) is 60.9 Å². The minimum Gasteiger partial charge on any atom is -0.361 e. The summed E-state index contributed by atoms with van der Waals surface area (Å²) in [5, 5.41) is 11.7. The van der Waals surface area contributed by atoms with Crippen LogP contribution in [-0.2, 0) is 13.1 Å². The molecule has 0 fully saturated rings. The first-order valence-electron chi connectivity index (χ1n) is 8.17. The average molecular weight is 349 g/mol. The van der Waals surface area contributed by atoms with Crippen LogP contribution in [0.3, 0.4) is 0 Å². The van der Waals surface area contributed by atoms with Gasteiger partial charge in [0.25, 0.3) is 5.91 Å². The fraction of sp³-hybridized carbons (Fsp3) is 0.105. The molecule has 0 saturated carbocycles. The molecule has 0 aliphatic rings. The number of fused-ring (bicyclic) bond motifs is 1. The van der Waals surface area contributed by atoms with Gasteiger partial charge in [0, 0.05) is 29.2 Å². The van der Waals surface area contributed by atoms with Gasteiger partial charge in [-0.1, -0.05) is 35.5 Å². The van der Waals surface area contributed by atoms with Gasteiger partial charge in [-0.3, -0.25) is 4.79 Å². The lowest BCUT2D eigenvalue weighted by atomic mass is 10.1. The van der Waals surface area contributed by atoms with Gasteiger partial charge in [-0.15, -0.1) is 5.10 Å². The Kier molecular flexibility index (Phi) is 4.18. The third kappa shape index (κ3) is 3.19. The van der Waals surface area contributed by atoms with E-state index >= 15 is 0 Å². The van der Waals surface area contributed by atoms with Crippen molar-refractivity contribution < 1.29 is 9.18 Å². The molecular weight excluding hydrogens is 333 g/mol. The molecule has 0 aliphatic heterocycles. The molecule has 4 rings (SSSR count). The van der Waals surface area contributed by atoms with Gasteiger partial charge in [-0.2, -0.15) is 0 Å². The summed E-state index contributed by atoms with van der Waals surface area (Å²) < 4.78 is 15.2. The van der Waals surface area contributed by atoms with E-state index in [1.165, 1.54) is 16.9 Å². The molecule has 0 saturated heterocycles. The SMILES string of the molecule is O=C(NCc1cccc2[nH]ccc12)c1cn(Cc2ccccc2F)nn1. The van der Waals surface area contributed by atoms with Crippen LogP contribution in [-0.4, -0.2) is 25.9 Å². The van der Waals surface area contributed by atoms with E-state index < -0.39 is 0 Å². The predicted molar refractivity (Wildman–Crippen MR) is 95.0 cm³/mol. The van der Waals surface area contributed by atoms with E-state index in [0.29, 0.717) is 12.1 Å². The van der Waals surface area contributed by atoms with Gasteiger partial charge in [-0.25, -0.2) is 9.07 Å². The van der Waals surface area contributed by atoms with Crippen LogP contribution in [0.4, 0.5) is 4.39 Å². The highest BCUT2D eigenvalue weighted by Crippen LogP contribution is 2.17. The molecule has 4 aromatic rings. The maximum absolute atomic E-state index is 13.7. The number of hydrogen-bond donors (Lipinski definition) is 2. The summed E-state index contributed by atoms with van der Waals surface area (Å²) in [5.74, 6) is -0.633. The molecule has 0 bridgehead atoms. The molecule has 0 unspecified atom stereocenters. The summed E-state index contributed by atoms with van der Waals surface area (Å²) in [6.07, 6.45) is 3.38. The zero-order valence-corrected chi connectivity index (χ0v) is 13.8. The van der Waals surface area contributed by atoms with Gasteiger partial charge in [0.1, 0.15) is 5.82 Å². The zero-order chi connectivity index (χ0) is 17.9. The summed E-state index contributed by atoms with van der Waals surface area (Å²) in [4.78, 5) is 15.5. The third-order valence-electron chi connectivity index (χ3n) is 4.19. The first-order chi connectivity index (χ1) is 12.7. The average Bonchev–Trinajstić information content (AvgIpc) is 3.31. The van der Waals surface area contributed by atoms with Crippen molar-refractivity contribution in [3.8, 4) is 0 Å². The van der Waals surface area contributed by atoms with E-state index in [2.05, 4.69) is 20.6 Å². The normalized spacial score (nSPS) is 11.0. The lowest BCUT2D eigenvalue weighted by Gasteiger charge is -2.05. The summed E-state index contributed by atoms with van der Waals surface area (Å²) in [5.41, 5.74) is 2.72. The minimum absolute atomic E-state index is 0.197. The Morgan fingerprint density at radius 3 is 2.85 bits per heavy atom. The third-order valence-corrected chi connectivity index (χ3v) is 4.19. The first kappa shape index (κ1) is 16.0. The van der Waals surface area contributed by atoms with Crippen LogP contribution in [0.25, 0.3) is 10.9 Å². The summed E-state index contributed by atoms with van der Waals surface area (Å²) in [7, 11) is 0. The minimum atomic E-state index is -0.322. The molecule has 0 radical (unpaired) electrons. The Hall–Kier alpha value is -3.48. The molecule has 2 heterocycles. The molecule has 7 heteroatoms. The highest BCUT2D eigenvalue weighted by Gasteiger charge is 2.12. The Morgan fingerprint density at radius 1 is 1.12 bits per heavy atom. The number of hydrogen-bond acceptors (Lipinski definition) is 3. The fourth-order valence-corrected chi connectivity index (χ4v) is 2.85. The number of aromatic amines is 1. The van der Waals surface area contributed by atoms with Gasteiger partial charge < -0.3 is 10.3 Å². The molecule has 6 nitrogen and oxygen atoms in total. The second-order valence-electron chi connectivity index (χ2n) is 5.93. The molecule has 0 spiro atoms. The summed E-state index contributed by atoms with van der Waals surface area (Å²) >= 11 is 0. The van der Waals surface area contributed by atoms with Crippen molar-refractivity contribution in [1.82, 2.24) is 25.3 Å². The van der Waals surface area contributed by atoms with E-state index in [-0.39, 0.29) is 24.0 Å². The van der Waals surface area contributed by atoms with Crippen LogP contribution in [0, 0.1) is 5.82 Å². The van der Waals surface area contributed by atoms with Crippen LogP contribution in [0.1, 0.15) is 21.6 Å².